The lowest BCUT2D eigenvalue weighted by atomic mass is 10.2. The minimum atomic E-state index is 0.0505. The van der Waals surface area contributed by atoms with Gasteiger partial charge < -0.3 is 0 Å². The fourth-order valence-electron chi connectivity index (χ4n) is 4.28. The minimum Gasteiger partial charge on any atom is -0.299 e. The second-order valence-electron chi connectivity index (χ2n) is 8.33. The van der Waals surface area contributed by atoms with E-state index in [1.807, 2.05) is 12.3 Å². The van der Waals surface area contributed by atoms with Crippen LogP contribution in [0.3, 0.4) is 0 Å². The van der Waals surface area contributed by atoms with Gasteiger partial charge in [0.2, 0.25) is 0 Å². The van der Waals surface area contributed by atoms with Gasteiger partial charge in [-0.15, -0.1) is 0 Å². The smallest absolute Gasteiger partial charge is 0.267 e. The maximum atomic E-state index is 12.2. The quantitative estimate of drug-likeness (QED) is 0.751. The molecule has 0 unspecified atom stereocenters. The molecule has 2 fully saturated rings. The topological polar surface area (TPSA) is 67.2 Å². The third kappa shape index (κ3) is 4.00. The summed E-state index contributed by atoms with van der Waals surface area (Å²) < 4.78 is 1.66. The molecule has 0 N–H and O–H groups in total. The van der Waals surface area contributed by atoms with Gasteiger partial charge >= 0.3 is 0 Å². The molecule has 5 rings (SSSR count). The molecule has 1 saturated heterocycles. The highest BCUT2D eigenvalue weighted by Gasteiger charge is 2.27. The first-order valence-corrected chi connectivity index (χ1v) is 10.6. The Morgan fingerprint density at radius 3 is 2.68 bits per heavy atom. The van der Waals surface area contributed by atoms with E-state index >= 15 is 0 Å². The van der Waals surface area contributed by atoms with Gasteiger partial charge in [0.25, 0.3) is 5.56 Å². The van der Waals surface area contributed by atoms with Gasteiger partial charge in [-0.3, -0.25) is 14.6 Å². The van der Waals surface area contributed by atoms with Crippen molar-refractivity contribution in [2.75, 3.05) is 32.7 Å². The lowest BCUT2D eigenvalue weighted by Gasteiger charge is -2.34. The van der Waals surface area contributed by atoms with Gasteiger partial charge in [-0.05, 0) is 43.7 Å². The van der Waals surface area contributed by atoms with Crippen molar-refractivity contribution in [1.82, 2.24) is 29.5 Å². The van der Waals surface area contributed by atoms with Crippen LogP contribution >= 0.6 is 0 Å². The zero-order valence-corrected chi connectivity index (χ0v) is 16.4. The molecule has 2 aromatic rings. The number of hydrogen-bond donors (Lipinski definition) is 0. The van der Waals surface area contributed by atoms with Gasteiger partial charge in [0.15, 0.2) is 0 Å². The molecule has 1 saturated carbocycles. The summed E-state index contributed by atoms with van der Waals surface area (Å²) in [4.78, 5) is 26.3. The first-order valence-electron chi connectivity index (χ1n) is 10.6. The predicted octanol–water partition coefficient (Wildman–Crippen LogP) is 1.22. The molecule has 0 spiro atoms. The monoisotopic (exact) mass is 380 g/mol. The maximum Gasteiger partial charge on any atom is 0.267 e. The molecule has 0 bridgehead atoms. The molecule has 2 aliphatic carbocycles. The Morgan fingerprint density at radius 2 is 1.86 bits per heavy atom. The first-order chi connectivity index (χ1) is 13.7. The Balaban J connectivity index is 1.12. The summed E-state index contributed by atoms with van der Waals surface area (Å²) in [5.74, 6) is 1.64. The Bertz CT molecular complexity index is 898. The molecule has 0 aromatic carbocycles. The molecule has 3 aliphatic rings. The Labute approximate surface area is 165 Å². The highest BCUT2D eigenvalue weighted by molar-refractivity contribution is 5.22. The van der Waals surface area contributed by atoms with Crippen LogP contribution in [0.15, 0.2) is 23.1 Å². The van der Waals surface area contributed by atoms with E-state index < -0.39 is 0 Å². The SMILES string of the molecule is O=c1cc2c(nn1CCN1CCN(Cc3ccnc(C4CC4)n3)CC1)CCC2. The summed E-state index contributed by atoms with van der Waals surface area (Å²) in [7, 11) is 0. The number of nitrogens with zero attached hydrogens (tertiary/aromatic N) is 6. The third-order valence-corrected chi connectivity index (χ3v) is 6.18. The number of rotatable bonds is 6. The zero-order valence-electron chi connectivity index (χ0n) is 16.4. The molecule has 28 heavy (non-hydrogen) atoms. The molecule has 1 aliphatic heterocycles. The standard InChI is InChI=1S/C21H28N6O/c28-20-14-17-2-1-3-19(17)24-27(20)13-12-25-8-10-26(11-9-25)15-18-6-7-22-21(23-18)16-4-5-16/h6-7,14,16H,1-5,8-13,15H2. The van der Waals surface area contributed by atoms with Crippen LogP contribution in [0.25, 0.3) is 0 Å². The van der Waals surface area contributed by atoms with E-state index in [0.29, 0.717) is 12.5 Å². The van der Waals surface area contributed by atoms with Gasteiger partial charge in [-0.2, -0.15) is 5.10 Å². The van der Waals surface area contributed by atoms with Crippen LogP contribution < -0.4 is 5.56 Å². The Morgan fingerprint density at radius 1 is 1.04 bits per heavy atom. The van der Waals surface area contributed by atoms with Crippen LogP contribution in [-0.2, 0) is 25.9 Å². The zero-order chi connectivity index (χ0) is 18.9. The van der Waals surface area contributed by atoms with E-state index in [1.165, 1.54) is 12.8 Å². The molecule has 7 nitrogen and oxygen atoms in total. The van der Waals surface area contributed by atoms with Crippen LogP contribution in [0.1, 0.15) is 48.0 Å². The summed E-state index contributed by atoms with van der Waals surface area (Å²) >= 11 is 0. The lowest BCUT2D eigenvalue weighted by Crippen LogP contribution is -2.47. The van der Waals surface area contributed by atoms with E-state index in [4.69, 9.17) is 4.98 Å². The van der Waals surface area contributed by atoms with Gasteiger partial charge in [0.1, 0.15) is 5.82 Å². The highest BCUT2D eigenvalue weighted by atomic mass is 16.1. The van der Waals surface area contributed by atoms with Crippen molar-refractivity contribution in [2.45, 2.75) is 51.1 Å². The number of aromatic nitrogens is 4. The van der Waals surface area contributed by atoms with Crippen molar-refractivity contribution in [3.63, 3.8) is 0 Å². The summed E-state index contributed by atoms with van der Waals surface area (Å²) in [5, 5.41) is 4.59. The minimum absolute atomic E-state index is 0.0505. The van der Waals surface area contributed by atoms with E-state index in [0.717, 1.165) is 81.3 Å². The van der Waals surface area contributed by atoms with Crippen molar-refractivity contribution in [3.8, 4) is 0 Å². The Kier molecular flexibility index (Phi) is 4.94. The first kappa shape index (κ1) is 17.9. The molecule has 0 amide bonds. The van der Waals surface area contributed by atoms with E-state index in [9.17, 15) is 4.79 Å². The second kappa shape index (κ2) is 7.72. The molecular formula is C21H28N6O. The van der Waals surface area contributed by atoms with Gasteiger partial charge in [0, 0.05) is 57.4 Å². The van der Waals surface area contributed by atoms with Crippen molar-refractivity contribution >= 4 is 0 Å². The Hall–Kier alpha value is -2.12. The van der Waals surface area contributed by atoms with Crippen LogP contribution in [0.4, 0.5) is 0 Å². The lowest BCUT2D eigenvalue weighted by molar-refractivity contribution is 0.121. The third-order valence-electron chi connectivity index (χ3n) is 6.18. The summed E-state index contributed by atoms with van der Waals surface area (Å²) in [6.07, 6.45) is 7.54. The van der Waals surface area contributed by atoms with Crippen molar-refractivity contribution in [2.24, 2.45) is 0 Å². The maximum absolute atomic E-state index is 12.2. The second-order valence-corrected chi connectivity index (χ2v) is 8.33. The van der Waals surface area contributed by atoms with Crippen LogP contribution in [0.2, 0.25) is 0 Å². The number of hydrogen-bond acceptors (Lipinski definition) is 6. The summed E-state index contributed by atoms with van der Waals surface area (Å²) in [6.45, 7) is 6.61. The predicted molar refractivity (Wildman–Crippen MR) is 106 cm³/mol. The van der Waals surface area contributed by atoms with Gasteiger partial charge in [-0.1, -0.05) is 0 Å². The van der Waals surface area contributed by atoms with Crippen molar-refractivity contribution < 1.29 is 0 Å². The molecule has 7 heteroatoms. The van der Waals surface area contributed by atoms with Crippen LogP contribution in [0, 0.1) is 0 Å². The fourth-order valence-corrected chi connectivity index (χ4v) is 4.28. The molecule has 2 aromatic heterocycles. The largest absolute Gasteiger partial charge is 0.299 e. The number of piperazine rings is 1. The highest BCUT2D eigenvalue weighted by Crippen LogP contribution is 2.37. The van der Waals surface area contributed by atoms with Crippen molar-refractivity contribution in [1.29, 1.82) is 0 Å². The number of aryl methyl sites for hydroxylation is 2. The molecule has 0 radical (unpaired) electrons. The average Bonchev–Trinajstić information content (AvgIpc) is 3.47. The molecule has 148 valence electrons. The fraction of sp³-hybridized carbons (Fsp3) is 0.619. The summed E-state index contributed by atoms with van der Waals surface area (Å²) in [6, 6.07) is 3.84. The van der Waals surface area contributed by atoms with Crippen molar-refractivity contribution in [3.05, 3.63) is 51.5 Å². The normalized spacial score (nSPS) is 20.4. The molecule has 0 atom stereocenters. The van der Waals surface area contributed by atoms with E-state index in [1.54, 1.807) is 10.7 Å². The van der Waals surface area contributed by atoms with Gasteiger partial charge in [0.05, 0.1) is 17.9 Å². The van der Waals surface area contributed by atoms with Crippen LogP contribution in [0.5, 0.6) is 0 Å². The van der Waals surface area contributed by atoms with E-state index in [-0.39, 0.29) is 5.56 Å². The molecular weight excluding hydrogens is 352 g/mol. The molecule has 3 heterocycles. The average molecular weight is 380 g/mol. The number of fused-ring (bicyclic) bond motifs is 1. The van der Waals surface area contributed by atoms with E-state index in [2.05, 4.69) is 19.9 Å². The van der Waals surface area contributed by atoms with Gasteiger partial charge in [-0.25, -0.2) is 14.6 Å². The summed E-state index contributed by atoms with van der Waals surface area (Å²) in [5.41, 5.74) is 3.47. The van der Waals surface area contributed by atoms with Crippen LogP contribution in [-0.4, -0.2) is 62.3 Å².